The van der Waals surface area contributed by atoms with Gasteiger partial charge in [-0.15, -0.1) is 0 Å². The van der Waals surface area contributed by atoms with Gasteiger partial charge in [0.15, 0.2) is 0 Å². The Morgan fingerprint density at radius 2 is 1.92 bits per heavy atom. The van der Waals surface area contributed by atoms with Crippen LogP contribution in [-0.2, 0) is 11.3 Å². The molecule has 0 atom stereocenters. The summed E-state index contributed by atoms with van der Waals surface area (Å²) in [6, 6.07) is 14.3. The quantitative estimate of drug-likeness (QED) is 0.668. The molecule has 3 rings (SSSR count). The maximum absolute atomic E-state index is 12.5. The molecule has 0 bridgehead atoms. The summed E-state index contributed by atoms with van der Waals surface area (Å²) < 4.78 is 7.03. The topological polar surface area (TPSA) is 64.4 Å². The Kier molecular flexibility index (Phi) is 5.53. The molecule has 0 spiro atoms. The van der Waals surface area contributed by atoms with Gasteiger partial charge < -0.3 is 9.64 Å². The van der Waals surface area contributed by atoms with E-state index in [0.717, 1.165) is 0 Å². The molecule has 3 aromatic rings. The Bertz CT molecular complexity index is 970. The van der Waals surface area contributed by atoms with Gasteiger partial charge >= 0.3 is 0 Å². The predicted molar refractivity (Wildman–Crippen MR) is 101 cm³/mol. The molecule has 0 N–H and O–H groups in total. The lowest BCUT2D eigenvalue weighted by Crippen LogP contribution is -2.36. The Hall–Kier alpha value is -2.86. The van der Waals surface area contributed by atoms with E-state index in [2.05, 4.69) is 4.98 Å². The van der Waals surface area contributed by atoms with Gasteiger partial charge in [0.1, 0.15) is 18.9 Å². The number of carbonyl (C=O) groups excluding carboxylic acids is 1. The first kappa shape index (κ1) is 17.9. The molecule has 0 aliphatic rings. The molecule has 0 aliphatic heterocycles. The minimum atomic E-state index is -0.303. The number of ether oxygens (including phenoxy) is 1. The summed E-state index contributed by atoms with van der Waals surface area (Å²) in [6.45, 7) is 0.703. The third kappa shape index (κ3) is 4.21. The van der Waals surface area contributed by atoms with Crippen molar-refractivity contribution in [2.45, 2.75) is 6.54 Å². The molecule has 1 heterocycles. The van der Waals surface area contributed by atoms with E-state index in [9.17, 15) is 9.59 Å². The van der Waals surface area contributed by atoms with Crippen LogP contribution in [0.15, 0.2) is 59.5 Å². The fraction of sp³-hybridized carbons (Fsp3) is 0.211. The van der Waals surface area contributed by atoms with E-state index in [1.54, 1.807) is 43.4 Å². The predicted octanol–water partition coefficient (Wildman–Crippen LogP) is 2.59. The minimum absolute atomic E-state index is 0.0423. The second-order valence-corrected chi connectivity index (χ2v) is 6.23. The Morgan fingerprint density at radius 3 is 2.69 bits per heavy atom. The fourth-order valence-electron chi connectivity index (χ4n) is 2.49. The van der Waals surface area contributed by atoms with Gasteiger partial charge in [0.2, 0.25) is 5.91 Å². The molecule has 2 aromatic carbocycles. The van der Waals surface area contributed by atoms with Crippen molar-refractivity contribution in [1.82, 2.24) is 14.5 Å². The van der Waals surface area contributed by atoms with Gasteiger partial charge in [-0.3, -0.25) is 14.2 Å². The third-order valence-corrected chi connectivity index (χ3v) is 4.23. The van der Waals surface area contributed by atoms with Crippen molar-refractivity contribution >= 4 is 28.5 Å². The van der Waals surface area contributed by atoms with E-state index in [1.807, 2.05) is 12.1 Å². The van der Waals surface area contributed by atoms with E-state index in [4.69, 9.17) is 16.3 Å². The highest BCUT2D eigenvalue weighted by Gasteiger charge is 2.13. The molecule has 6 nitrogen and oxygen atoms in total. The van der Waals surface area contributed by atoms with Crippen LogP contribution in [0.4, 0.5) is 0 Å². The summed E-state index contributed by atoms with van der Waals surface area (Å²) >= 11 is 5.83. The van der Waals surface area contributed by atoms with E-state index >= 15 is 0 Å². The van der Waals surface area contributed by atoms with E-state index in [1.165, 1.54) is 15.7 Å². The summed E-state index contributed by atoms with van der Waals surface area (Å²) in [7, 11) is 1.68. The van der Waals surface area contributed by atoms with Crippen LogP contribution in [0.2, 0.25) is 5.02 Å². The first-order valence-corrected chi connectivity index (χ1v) is 8.49. The number of aromatic nitrogens is 2. The van der Waals surface area contributed by atoms with Crippen LogP contribution in [0.5, 0.6) is 5.75 Å². The van der Waals surface area contributed by atoms with Crippen molar-refractivity contribution < 1.29 is 9.53 Å². The van der Waals surface area contributed by atoms with Crippen molar-refractivity contribution in [3.8, 4) is 5.75 Å². The SMILES string of the molecule is CN(CCOc1ccc(Cl)cc1)C(=O)Cn1c(=O)cnc2ccccc21. The van der Waals surface area contributed by atoms with Gasteiger partial charge in [-0.2, -0.15) is 0 Å². The maximum atomic E-state index is 12.5. The van der Waals surface area contributed by atoms with Gasteiger partial charge in [0.25, 0.3) is 5.56 Å². The van der Waals surface area contributed by atoms with Crippen molar-refractivity contribution in [2.24, 2.45) is 0 Å². The van der Waals surface area contributed by atoms with Gasteiger partial charge in [0, 0.05) is 12.1 Å². The highest BCUT2D eigenvalue weighted by Crippen LogP contribution is 2.15. The molecule has 0 saturated carbocycles. The summed E-state index contributed by atoms with van der Waals surface area (Å²) in [6.07, 6.45) is 1.24. The number of hydrogen-bond acceptors (Lipinski definition) is 4. The first-order chi connectivity index (χ1) is 12.5. The molecule has 134 valence electrons. The number of amides is 1. The van der Waals surface area contributed by atoms with E-state index < -0.39 is 0 Å². The molecule has 0 fully saturated rings. The molecule has 1 aromatic heterocycles. The van der Waals surface area contributed by atoms with Crippen LogP contribution >= 0.6 is 11.6 Å². The zero-order valence-corrected chi connectivity index (χ0v) is 15.0. The lowest BCUT2D eigenvalue weighted by atomic mass is 10.3. The maximum Gasteiger partial charge on any atom is 0.269 e. The van der Waals surface area contributed by atoms with Crippen molar-refractivity contribution in [3.63, 3.8) is 0 Å². The number of hydrogen-bond donors (Lipinski definition) is 0. The van der Waals surface area contributed by atoms with E-state index in [-0.39, 0.29) is 18.0 Å². The number of fused-ring (bicyclic) bond motifs is 1. The Labute approximate surface area is 155 Å². The Morgan fingerprint density at radius 1 is 1.19 bits per heavy atom. The standard InChI is InChI=1S/C19H18ClN3O3/c1-22(10-11-26-15-8-6-14(20)7-9-15)19(25)13-23-17-5-3-2-4-16(17)21-12-18(23)24/h2-9,12H,10-11,13H2,1H3. The molecule has 0 saturated heterocycles. The molecule has 0 aliphatic carbocycles. The molecule has 1 amide bonds. The van der Waals surface area contributed by atoms with Crippen LogP contribution < -0.4 is 10.3 Å². The highest BCUT2D eigenvalue weighted by atomic mass is 35.5. The second kappa shape index (κ2) is 8.01. The highest BCUT2D eigenvalue weighted by molar-refractivity contribution is 6.30. The van der Waals surface area contributed by atoms with Crippen LogP contribution in [0.25, 0.3) is 11.0 Å². The number of halogens is 1. The number of likely N-dealkylation sites (N-methyl/N-ethyl adjacent to an activating group) is 1. The third-order valence-electron chi connectivity index (χ3n) is 3.98. The number of nitrogens with zero attached hydrogens (tertiary/aromatic N) is 3. The first-order valence-electron chi connectivity index (χ1n) is 8.11. The number of carbonyl (C=O) groups is 1. The van der Waals surface area contributed by atoms with Crippen molar-refractivity contribution in [1.29, 1.82) is 0 Å². The van der Waals surface area contributed by atoms with Crippen molar-refractivity contribution in [3.05, 3.63) is 70.1 Å². The molecule has 0 radical (unpaired) electrons. The summed E-state index contributed by atoms with van der Waals surface area (Å²) in [5.74, 6) is 0.509. The zero-order valence-electron chi connectivity index (χ0n) is 14.3. The zero-order chi connectivity index (χ0) is 18.5. The average Bonchev–Trinajstić information content (AvgIpc) is 2.65. The number of benzene rings is 2. The number of para-hydroxylation sites is 2. The fourth-order valence-corrected chi connectivity index (χ4v) is 2.62. The van der Waals surface area contributed by atoms with Gasteiger partial charge in [0.05, 0.1) is 23.8 Å². The van der Waals surface area contributed by atoms with Crippen LogP contribution in [-0.4, -0.2) is 40.6 Å². The molecular weight excluding hydrogens is 354 g/mol. The minimum Gasteiger partial charge on any atom is -0.492 e. The largest absolute Gasteiger partial charge is 0.492 e. The molecule has 0 unspecified atom stereocenters. The molecule has 7 heteroatoms. The lowest BCUT2D eigenvalue weighted by Gasteiger charge is -2.18. The lowest BCUT2D eigenvalue weighted by molar-refractivity contribution is -0.130. The Balaban J connectivity index is 1.62. The second-order valence-electron chi connectivity index (χ2n) is 5.79. The number of rotatable bonds is 6. The van der Waals surface area contributed by atoms with Crippen molar-refractivity contribution in [2.75, 3.05) is 20.2 Å². The summed E-state index contributed by atoms with van der Waals surface area (Å²) in [5.41, 5.74) is 1.01. The van der Waals surface area contributed by atoms with Crippen LogP contribution in [0.3, 0.4) is 0 Å². The summed E-state index contributed by atoms with van der Waals surface area (Å²) in [5, 5.41) is 0.639. The van der Waals surface area contributed by atoms with Gasteiger partial charge in [-0.05, 0) is 36.4 Å². The van der Waals surface area contributed by atoms with Crippen LogP contribution in [0, 0.1) is 0 Å². The molecule has 26 heavy (non-hydrogen) atoms. The average molecular weight is 372 g/mol. The van der Waals surface area contributed by atoms with E-state index in [0.29, 0.717) is 35.0 Å². The summed E-state index contributed by atoms with van der Waals surface area (Å²) in [4.78, 5) is 30.2. The molecular formula is C19H18ClN3O3. The smallest absolute Gasteiger partial charge is 0.269 e. The normalized spacial score (nSPS) is 10.7. The van der Waals surface area contributed by atoms with Gasteiger partial charge in [-0.1, -0.05) is 23.7 Å². The van der Waals surface area contributed by atoms with Crippen LogP contribution in [0.1, 0.15) is 0 Å². The monoisotopic (exact) mass is 371 g/mol. The van der Waals surface area contributed by atoms with Gasteiger partial charge in [-0.25, -0.2) is 4.98 Å².